The molecule has 1 fully saturated rings. The molecule has 1 aliphatic heterocycles. The summed E-state index contributed by atoms with van der Waals surface area (Å²) < 4.78 is 78.6. The fourth-order valence-electron chi connectivity index (χ4n) is 5.27. The minimum absolute atomic E-state index is 0.120. The lowest BCUT2D eigenvalue weighted by Crippen LogP contribution is -2.45. The summed E-state index contributed by atoms with van der Waals surface area (Å²) in [4.78, 5) is 31.3. The van der Waals surface area contributed by atoms with Crippen LogP contribution < -0.4 is 5.32 Å². The Morgan fingerprint density at radius 1 is 0.977 bits per heavy atom. The highest BCUT2D eigenvalue weighted by atomic mass is 19.4. The summed E-state index contributed by atoms with van der Waals surface area (Å²) in [6, 6.07) is 12.8. The van der Waals surface area contributed by atoms with Gasteiger partial charge >= 0.3 is 12.4 Å². The highest BCUT2D eigenvalue weighted by Crippen LogP contribution is 2.30. The number of aromatic nitrogens is 3. The molecule has 5 rings (SSSR count). The Morgan fingerprint density at radius 2 is 1.72 bits per heavy atom. The molecule has 0 spiro atoms. The fourth-order valence-corrected chi connectivity index (χ4v) is 5.27. The zero-order chi connectivity index (χ0) is 30.9. The molecule has 1 atom stereocenters. The van der Waals surface area contributed by atoms with Gasteiger partial charge in [0.15, 0.2) is 0 Å². The summed E-state index contributed by atoms with van der Waals surface area (Å²) in [5.41, 5.74) is 1.17. The number of benzene rings is 2. The molecule has 2 amide bonds. The van der Waals surface area contributed by atoms with Crippen LogP contribution in [0.5, 0.6) is 0 Å². The number of aryl methyl sites for hydroxylation is 1. The summed E-state index contributed by atoms with van der Waals surface area (Å²) in [7, 11) is 0. The second kappa shape index (κ2) is 11.7. The van der Waals surface area contributed by atoms with Crippen LogP contribution in [0.1, 0.15) is 51.2 Å². The lowest BCUT2D eigenvalue weighted by Gasteiger charge is -2.35. The third-order valence-electron chi connectivity index (χ3n) is 7.45. The van der Waals surface area contributed by atoms with Crippen LogP contribution in [0.4, 0.5) is 26.3 Å². The molecule has 7 nitrogen and oxygen atoms in total. The van der Waals surface area contributed by atoms with Crippen molar-refractivity contribution in [2.45, 2.75) is 51.1 Å². The molecular weight excluding hydrogens is 576 g/mol. The van der Waals surface area contributed by atoms with E-state index in [9.17, 15) is 35.9 Å². The number of hydrogen-bond acceptors (Lipinski definition) is 4. The van der Waals surface area contributed by atoms with Gasteiger partial charge in [-0.25, -0.2) is 4.98 Å². The second-order valence-electron chi connectivity index (χ2n) is 10.5. The first-order valence-electron chi connectivity index (χ1n) is 13.6. The Hall–Kier alpha value is -4.42. The number of pyridine rings is 1. The molecule has 1 unspecified atom stereocenters. The zero-order valence-electron chi connectivity index (χ0n) is 23.0. The maximum Gasteiger partial charge on any atom is 0.433 e. The van der Waals surface area contributed by atoms with Crippen LogP contribution in [0.3, 0.4) is 0 Å². The molecular formula is C30H27F6N5O2. The second-order valence-corrected chi connectivity index (χ2v) is 10.5. The largest absolute Gasteiger partial charge is 0.433 e. The van der Waals surface area contributed by atoms with E-state index in [1.807, 2.05) is 5.32 Å². The van der Waals surface area contributed by atoms with Crippen LogP contribution in [0.25, 0.3) is 22.2 Å². The van der Waals surface area contributed by atoms with Gasteiger partial charge in [-0.15, -0.1) is 0 Å². The number of carbonyl (C=O) groups is 2. The normalized spacial score (nSPS) is 16.0. The molecule has 0 saturated carbocycles. The number of piperidine rings is 1. The Balaban J connectivity index is 1.32. The predicted octanol–water partition coefficient (Wildman–Crippen LogP) is 6.41. The molecule has 1 aliphatic rings. The van der Waals surface area contributed by atoms with E-state index in [0.717, 1.165) is 25.3 Å². The Labute approximate surface area is 242 Å². The van der Waals surface area contributed by atoms with E-state index in [0.29, 0.717) is 40.7 Å². The van der Waals surface area contributed by atoms with E-state index < -0.39 is 30.5 Å². The summed E-state index contributed by atoms with van der Waals surface area (Å²) in [6.07, 6.45) is -4.94. The van der Waals surface area contributed by atoms with Crippen LogP contribution in [0.2, 0.25) is 0 Å². The first-order chi connectivity index (χ1) is 20.3. The van der Waals surface area contributed by atoms with Crippen LogP contribution in [0, 0.1) is 6.92 Å². The van der Waals surface area contributed by atoms with Gasteiger partial charge in [-0.05, 0) is 68.1 Å². The average molecular weight is 604 g/mol. The molecule has 3 heterocycles. The van der Waals surface area contributed by atoms with Gasteiger partial charge in [0, 0.05) is 34.8 Å². The molecule has 2 aromatic heterocycles. The maximum absolute atomic E-state index is 13.5. The predicted molar refractivity (Wildman–Crippen MR) is 146 cm³/mol. The van der Waals surface area contributed by atoms with Gasteiger partial charge < -0.3 is 10.2 Å². The third-order valence-corrected chi connectivity index (χ3v) is 7.45. The van der Waals surface area contributed by atoms with E-state index in [1.165, 1.54) is 18.2 Å². The first-order valence-corrected chi connectivity index (χ1v) is 13.6. The molecule has 0 aliphatic carbocycles. The molecule has 226 valence electrons. The molecule has 0 bridgehead atoms. The quantitative estimate of drug-likeness (QED) is 0.258. The monoisotopic (exact) mass is 603 g/mol. The molecule has 0 radical (unpaired) electrons. The summed E-state index contributed by atoms with van der Waals surface area (Å²) in [5, 5.41) is 7.07. The van der Waals surface area contributed by atoms with Crippen molar-refractivity contribution >= 4 is 22.7 Å². The SMILES string of the molecule is Cc1c(C(=O)NCC(F)(F)F)ccc2nn(CC3CCCCN3C(=O)c3ccc(-c4cccc(C(F)(F)F)n4)cc3)cc12. The van der Waals surface area contributed by atoms with Gasteiger partial charge in [0.25, 0.3) is 11.8 Å². The standard InChI is InChI=1S/C30H27F6N5O2/c1-18-22(27(42)37-17-29(31,32)33)12-13-25-23(18)16-40(39-25)15-21-5-2-3-14-41(21)28(43)20-10-8-19(9-11-20)24-6-4-7-26(38-24)30(34,35)36/h4,6-13,16,21H,2-3,5,14-15,17H2,1H3,(H,37,42). The number of rotatable bonds is 6. The number of carbonyl (C=O) groups excluding carboxylic acids is 2. The van der Waals surface area contributed by atoms with Crippen molar-refractivity contribution in [3.8, 4) is 11.3 Å². The van der Waals surface area contributed by atoms with Crippen molar-refractivity contribution in [1.82, 2.24) is 25.0 Å². The maximum atomic E-state index is 13.5. The number of alkyl halides is 6. The van der Waals surface area contributed by atoms with E-state index in [4.69, 9.17) is 0 Å². The lowest BCUT2D eigenvalue weighted by molar-refractivity contribution is -0.141. The van der Waals surface area contributed by atoms with Crippen molar-refractivity contribution in [3.63, 3.8) is 0 Å². The molecule has 13 heteroatoms. The van der Waals surface area contributed by atoms with Gasteiger partial charge in [-0.3, -0.25) is 14.3 Å². The number of nitrogens with zero attached hydrogens (tertiary/aromatic N) is 4. The number of fused-ring (bicyclic) bond motifs is 1. The average Bonchev–Trinajstić information content (AvgIpc) is 3.39. The van der Waals surface area contributed by atoms with Crippen molar-refractivity contribution < 1.29 is 35.9 Å². The van der Waals surface area contributed by atoms with Crippen molar-refractivity contribution in [3.05, 3.63) is 83.2 Å². The van der Waals surface area contributed by atoms with Crippen LogP contribution in [-0.2, 0) is 12.7 Å². The number of nitrogens with one attached hydrogen (secondary N) is 1. The van der Waals surface area contributed by atoms with E-state index in [1.54, 1.807) is 53.0 Å². The van der Waals surface area contributed by atoms with Crippen molar-refractivity contribution in [2.75, 3.05) is 13.1 Å². The van der Waals surface area contributed by atoms with Gasteiger partial charge in [-0.2, -0.15) is 31.4 Å². The lowest BCUT2D eigenvalue weighted by atomic mass is 10.00. The molecule has 1 saturated heterocycles. The summed E-state index contributed by atoms with van der Waals surface area (Å²) in [5.74, 6) is -1.05. The van der Waals surface area contributed by atoms with Crippen molar-refractivity contribution in [2.24, 2.45) is 0 Å². The smallest absolute Gasteiger partial charge is 0.343 e. The molecule has 4 aromatic rings. The Kier molecular flexibility index (Phi) is 8.17. The van der Waals surface area contributed by atoms with Crippen LogP contribution in [-0.4, -0.2) is 56.8 Å². The van der Waals surface area contributed by atoms with Crippen LogP contribution in [0.15, 0.2) is 60.8 Å². The van der Waals surface area contributed by atoms with E-state index >= 15 is 0 Å². The molecule has 2 aromatic carbocycles. The van der Waals surface area contributed by atoms with E-state index in [-0.39, 0.29) is 23.2 Å². The first kappa shape index (κ1) is 30.1. The topological polar surface area (TPSA) is 80.1 Å². The minimum atomic E-state index is -4.57. The van der Waals surface area contributed by atoms with Gasteiger partial charge in [0.1, 0.15) is 12.2 Å². The number of amides is 2. The summed E-state index contributed by atoms with van der Waals surface area (Å²) in [6.45, 7) is 1.09. The number of likely N-dealkylation sites (tertiary alicyclic amines) is 1. The molecule has 1 N–H and O–H groups in total. The van der Waals surface area contributed by atoms with Crippen molar-refractivity contribution in [1.29, 1.82) is 0 Å². The van der Waals surface area contributed by atoms with Gasteiger partial charge in [0.05, 0.1) is 23.8 Å². The number of hydrogen-bond donors (Lipinski definition) is 1. The highest BCUT2D eigenvalue weighted by Gasteiger charge is 2.33. The summed E-state index contributed by atoms with van der Waals surface area (Å²) >= 11 is 0. The third kappa shape index (κ3) is 6.81. The highest BCUT2D eigenvalue weighted by molar-refractivity contribution is 6.00. The van der Waals surface area contributed by atoms with Crippen LogP contribution >= 0.6 is 0 Å². The zero-order valence-corrected chi connectivity index (χ0v) is 23.0. The molecule has 43 heavy (non-hydrogen) atoms. The fraction of sp³-hybridized carbons (Fsp3) is 0.333. The van der Waals surface area contributed by atoms with Gasteiger partial charge in [0.2, 0.25) is 0 Å². The minimum Gasteiger partial charge on any atom is -0.343 e. The van der Waals surface area contributed by atoms with E-state index in [2.05, 4.69) is 10.1 Å². The van der Waals surface area contributed by atoms with Gasteiger partial charge in [-0.1, -0.05) is 18.2 Å². The Morgan fingerprint density at radius 3 is 2.42 bits per heavy atom. The Bertz CT molecular complexity index is 1650. The number of halogens is 6.